The number of phenols is 1. The molecule has 2 rings (SSSR count). The summed E-state index contributed by atoms with van der Waals surface area (Å²) in [6.07, 6.45) is -2.93. The molecule has 3 N–H and O–H groups in total. The Morgan fingerprint density at radius 1 is 1.33 bits per heavy atom. The Hall–Kier alpha value is -1.43. The van der Waals surface area contributed by atoms with Gasteiger partial charge in [0, 0.05) is 11.1 Å². The standard InChI is InChI=1S/C12H14F3NO2/c1-18-8-4-3-7(12(13,14)15)9(10(8)17)11(16)5-2-6-11/h3-4,17H,2,5-6,16H2,1H3. The number of hydrogen-bond acceptors (Lipinski definition) is 3. The van der Waals surface area contributed by atoms with Gasteiger partial charge in [0.2, 0.25) is 0 Å². The van der Waals surface area contributed by atoms with Crippen LogP contribution in [0.15, 0.2) is 12.1 Å². The van der Waals surface area contributed by atoms with Crippen molar-refractivity contribution in [3.63, 3.8) is 0 Å². The van der Waals surface area contributed by atoms with Gasteiger partial charge in [0.15, 0.2) is 11.5 Å². The molecule has 1 aromatic carbocycles. The van der Waals surface area contributed by atoms with Crippen LogP contribution in [0.5, 0.6) is 11.5 Å². The number of nitrogens with two attached hydrogens (primary N) is 1. The summed E-state index contributed by atoms with van der Waals surface area (Å²) < 4.78 is 43.7. The fourth-order valence-corrected chi connectivity index (χ4v) is 2.28. The molecule has 1 saturated carbocycles. The van der Waals surface area contributed by atoms with E-state index in [0.717, 1.165) is 18.6 Å². The Bertz CT molecular complexity index is 467. The molecule has 0 atom stereocenters. The van der Waals surface area contributed by atoms with Crippen LogP contribution in [0.3, 0.4) is 0 Å². The first-order valence-corrected chi connectivity index (χ1v) is 5.56. The van der Waals surface area contributed by atoms with Crippen LogP contribution < -0.4 is 10.5 Å². The molecule has 0 heterocycles. The van der Waals surface area contributed by atoms with Crippen molar-refractivity contribution in [3.05, 3.63) is 23.3 Å². The summed E-state index contributed by atoms with van der Waals surface area (Å²) in [7, 11) is 1.29. The minimum absolute atomic E-state index is 0.00900. The second-order valence-electron chi connectivity index (χ2n) is 4.55. The maximum atomic E-state index is 12.9. The smallest absolute Gasteiger partial charge is 0.416 e. The molecule has 0 saturated heterocycles. The number of rotatable bonds is 2. The molecular formula is C12H14F3NO2. The molecule has 0 amide bonds. The fourth-order valence-electron chi connectivity index (χ4n) is 2.28. The highest BCUT2D eigenvalue weighted by molar-refractivity contribution is 5.54. The van der Waals surface area contributed by atoms with Crippen molar-refractivity contribution in [3.8, 4) is 11.5 Å². The molecule has 1 aliphatic carbocycles. The lowest BCUT2D eigenvalue weighted by Crippen LogP contribution is -2.44. The molecule has 0 spiro atoms. The minimum atomic E-state index is -4.54. The molecule has 0 radical (unpaired) electrons. The summed E-state index contributed by atoms with van der Waals surface area (Å²) in [6, 6.07) is 2.00. The molecule has 1 fully saturated rings. The SMILES string of the molecule is COc1ccc(C(F)(F)F)c(C2(N)CCC2)c1O. The topological polar surface area (TPSA) is 55.5 Å². The van der Waals surface area contributed by atoms with E-state index in [4.69, 9.17) is 10.5 Å². The molecule has 6 heteroatoms. The second kappa shape index (κ2) is 4.05. The van der Waals surface area contributed by atoms with Gasteiger partial charge in [-0.2, -0.15) is 13.2 Å². The number of hydrogen-bond donors (Lipinski definition) is 2. The van der Waals surface area contributed by atoms with Crippen molar-refractivity contribution in [1.82, 2.24) is 0 Å². The van der Waals surface area contributed by atoms with Crippen LogP contribution in [-0.2, 0) is 11.7 Å². The Balaban J connectivity index is 2.65. The number of phenolic OH excluding ortho intramolecular Hbond substituents is 1. The highest BCUT2D eigenvalue weighted by Crippen LogP contribution is 2.50. The third-order valence-corrected chi connectivity index (χ3v) is 3.41. The van der Waals surface area contributed by atoms with Gasteiger partial charge in [-0.1, -0.05) is 0 Å². The lowest BCUT2D eigenvalue weighted by Gasteiger charge is -2.40. The summed E-state index contributed by atoms with van der Waals surface area (Å²) in [5.74, 6) is -0.496. The zero-order valence-corrected chi connectivity index (χ0v) is 9.84. The number of halogens is 3. The van der Waals surface area contributed by atoms with Crippen molar-refractivity contribution in [1.29, 1.82) is 0 Å². The van der Waals surface area contributed by atoms with E-state index >= 15 is 0 Å². The Labute approximate surface area is 102 Å². The number of methoxy groups -OCH3 is 1. The van der Waals surface area contributed by atoms with Crippen molar-refractivity contribution in [2.45, 2.75) is 31.0 Å². The highest BCUT2D eigenvalue weighted by atomic mass is 19.4. The first kappa shape index (κ1) is 13.0. The maximum Gasteiger partial charge on any atom is 0.416 e. The number of aromatic hydroxyl groups is 1. The predicted molar refractivity (Wildman–Crippen MR) is 59.4 cm³/mol. The van der Waals surface area contributed by atoms with Crippen LogP contribution >= 0.6 is 0 Å². The highest BCUT2D eigenvalue weighted by Gasteiger charge is 2.45. The first-order valence-electron chi connectivity index (χ1n) is 5.56. The Morgan fingerprint density at radius 2 is 1.94 bits per heavy atom. The van der Waals surface area contributed by atoms with Crippen molar-refractivity contribution >= 4 is 0 Å². The molecule has 0 aromatic heterocycles. The van der Waals surface area contributed by atoms with Gasteiger partial charge < -0.3 is 15.6 Å². The number of ether oxygens (including phenoxy) is 1. The van der Waals surface area contributed by atoms with Crippen molar-refractivity contribution in [2.24, 2.45) is 5.73 Å². The third-order valence-electron chi connectivity index (χ3n) is 3.41. The molecule has 1 aliphatic rings. The van der Waals surface area contributed by atoms with E-state index in [1.54, 1.807) is 0 Å². The van der Waals surface area contributed by atoms with Crippen LogP contribution in [0.4, 0.5) is 13.2 Å². The van der Waals surface area contributed by atoms with Crippen LogP contribution in [0.25, 0.3) is 0 Å². The summed E-state index contributed by atoms with van der Waals surface area (Å²) in [5.41, 5.74) is 3.69. The summed E-state index contributed by atoms with van der Waals surface area (Å²) in [4.78, 5) is 0. The third kappa shape index (κ3) is 1.90. The van der Waals surface area contributed by atoms with E-state index < -0.39 is 23.0 Å². The maximum absolute atomic E-state index is 12.9. The van der Waals surface area contributed by atoms with E-state index in [-0.39, 0.29) is 11.3 Å². The lowest BCUT2D eigenvalue weighted by atomic mass is 9.70. The van der Waals surface area contributed by atoms with Gasteiger partial charge in [0.05, 0.1) is 12.7 Å². The van der Waals surface area contributed by atoms with Gasteiger partial charge in [-0.3, -0.25) is 0 Å². The normalized spacial score (nSPS) is 18.3. The van der Waals surface area contributed by atoms with Gasteiger partial charge >= 0.3 is 6.18 Å². The first-order chi connectivity index (χ1) is 8.29. The van der Waals surface area contributed by atoms with Gasteiger partial charge in [0.25, 0.3) is 0 Å². The zero-order chi connectivity index (χ0) is 13.6. The average molecular weight is 261 g/mol. The predicted octanol–water partition coefficient (Wildman–Crippen LogP) is 2.76. The summed E-state index contributed by atoms with van der Waals surface area (Å²) in [5, 5.41) is 9.93. The van der Waals surface area contributed by atoms with E-state index in [0.29, 0.717) is 12.8 Å². The van der Waals surface area contributed by atoms with Crippen molar-refractivity contribution in [2.75, 3.05) is 7.11 Å². The largest absolute Gasteiger partial charge is 0.504 e. The molecular weight excluding hydrogens is 247 g/mol. The molecule has 1 aromatic rings. The second-order valence-corrected chi connectivity index (χ2v) is 4.55. The van der Waals surface area contributed by atoms with Crippen LogP contribution in [0, 0.1) is 0 Å². The summed E-state index contributed by atoms with van der Waals surface area (Å²) >= 11 is 0. The van der Waals surface area contributed by atoms with Gasteiger partial charge in [-0.25, -0.2) is 0 Å². The molecule has 3 nitrogen and oxygen atoms in total. The van der Waals surface area contributed by atoms with E-state index in [1.165, 1.54) is 7.11 Å². The molecule has 0 aliphatic heterocycles. The summed E-state index contributed by atoms with van der Waals surface area (Å²) in [6.45, 7) is 0. The number of benzene rings is 1. The van der Waals surface area contributed by atoms with E-state index in [1.807, 2.05) is 0 Å². The number of alkyl halides is 3. The minimum Gasteiger partial charge on any atom is -0.504 e. The van der Waals surface area contributed by atoms with Gasteiger partial charge in [-0.05, 0) is 31.4 Å². The molecule has 100 valence electrons. The van der Waals surface area contributed by atoms with Crippen LogP contribution in [0.2, 0.25) is 0 Å². The molecule has 0 bridgehead atoms. The van der Waals surface area contributed by atoms with Gasteiger partial charge in [0.1, 0.15) is 0 Å². The Morgan fingerprint density at radius 3 is 2.33 bits per heavy atom. The van der Waals surface area contributed by atoms with Gasteiger partial charge in [-0.15, -0.1) is 0 Å². The molecule has 0 unspecified atom stereocenters. The quantitative estimate of drug-likeness (QED) is 0.860. The van der Waals surface area contributed by atoms with E-state index in [9.17, 15) is 18.3 Å². The lowest BCUT2D eigenvalue weighted by molar-refractivity contribution is -0.139. The van der Waals surface area contributed by atoms with Crippen LogP contribution in [0.1, 0.15) is 30.4 Å². The zero-order valence-electron chi connectivity index (χ0n) is 9.84. The molecule has 18 heavy (non-hydrogen) atoms. The fraction of sp³-hybridized carbons (Fsp3) is 0.500. The monoisotopic (exact) mass is 261 g/mol. The van der Waals surface area contributed by atoms with Crippen molar-refractivity contribution < 1.29 is 23.0 Å². The van der Waals surface area contributed by atoms with E-state index in [2.05, 4.69) is 0 Å². The average Bonchev–Trinajstić information content (AvgIpc) is 2.24. The Kier molecular flexibility index (Phi) is 2.93. The van der Waals surface area contributed by atoms with Crippen LogP contribution in [-0.4, -0.2) is 12.2 Å².